The Labute approximate surface area is 89.6 Å². The van der Waals surface area contributed by atoms with Crippen LogP contribution in [-0.4, -0.2) is 21.6 Å². The quantitative estimate of drug-likeness (QED) is 0.220. The van der Waals surface area contributed by atoms with Crippen molar-refractivity contribution in [3.63, 3.8) is 0 Å². The molecule has 0 aromatic rings. The van der Waals surface area contributed by atoms with Crippen LogP contribution in [0.1, 0.15) is 20.8 Å². The van der Waals surface area contributed by atoms with E-state index < -0.39 is 5.41 Å². The molecule has 84 valence electrons. The molecule has 0 bridgehead atoms. The topological polar surface area (TPSA) is 73.0 Å². The van der Waals surface area contributed by atoms with Crippen LogP contribution in [0.15, 0.2) is 41.0 Å². The van der Waals surface area contributed by atoms with Gasteiger partial charge in [0.1, 0.15) is 0 Å². The molecule has 0 saturated heterocycles. The second-order valence-electron chi connectivity index (χ2n) is 3.71. The first-order valence-corrected chi connectivity index (χ1v) is 4.51. The second kappa shape index (κ2) is 5.90. The first kappa shape index (κ1) is 13.3. The maximum absolute atomic E-state index is 9.01. The van der Waals surface area contributed by atoms with Gasteiger partial charge in [-0.15, -0.1) is 5.16 Å². The average Bonchev–Trinajstić information content (AvgIpc) is 2.11. The van der Waals surface area contributed by atoms with Crippen molar-refractivity contribution in [2.24, 2.45) is 10.6 Å². The zero-order chi connectivity index (χ0) is 11.9. The number of aliphatic hydroxyl groups is 2. The molecule has 4 nitrogen and oxygen atoms in total. The summed E-state index contributed by atoms with van der Waals surface area (Å²) in [6, 6.07) is 0. The minimum Gasteiger partial charge on any atom is -0.516 e. The Morgan fingerprint density at radius 1 is 1.27 bits per heavy atom. The summed E-state index contributed by atoms with van der Waals surface area (Å²) >= 11 is 0. The minimum absolute atomic E-state index is 0.163. The molecule has 0 unspecified atom stereocenters. The van der Waals surface area contributed by atoms with Crippen molar-refractivity contribution in [3.05, 3.63) is 35.8 Å². The summed E-state index contributed by atoms with van der Waals surface area (Å²) in [4.78, 5) is 0. The van der Waals surface area contributed by atoms with Crippen molar-refractivity contribution in [2.75, 3.05) is 0 Å². The van der Waals surface area contributed by atoms with Crippen LogP contribution in [0, 0.1) is 5.41 Å². The first-order chi connectivity index (χ1) is 6.94. The number of hydrogen-bond donors (Lipinski definition) is 3. The molecule has 0 spiro atoms. The van der Waals surface area contributed by atoms with Gasteiger partial charge in [0.2, 0.25) is 0 Å². The van der Waals surface area contributed by atoms with Gasteiger partial charge in [-0.05, 0) is 24.6 Å². The summed E-state index contributed by atoms with van der Waals surface area (Å²) in [6.45, 7) is 5.18. The lowest BCUT2D eigenvalue weighted by atomic mass is 9.85. The van der Waals surface area contributed by atoms with Gasteiger partial charge in [-0.25, -0.2) is 0 Å². The number of oxime groups is 1. The Morgan fingerprint density at radius 2 is 1.87 bits per heavy atom. The van der Waals surface area contributed by atoms with Gasteiger partial charge < -0.3 is 15.4 Å². The van der Waals surface area contributed by atoms with Crippen LogP contribution in [0.4, 0.5) is 0 Å². The van der Waals surface area contributed by atoms with Crippen LogP contribution < -0.4 is 0 Å². The number of hydrogen-bond acceptors (Lipinski definition) is 4. The minimum atomic E-state index is -0.528. The molecule has 0 heterocycles. The standard InChI is InChI=1S/C11H17NO3/c1-9(14)4-5-10(6-7-13)11(2,3)8-12-15/h4-8,13-15H,1-3H3/b7-6+,9-4+,10-5+,12-8-. The summed E-state index contributed by atoms with van der Waals surface area (Å²) < 4.78 is 0. The molecule has 0 aromatic heterocycles. The fraction of sp³-hybridized carbons (Fsp3) is 0.364. The SMILES string of the molecule is C\C(O)=C/C=C(\C=C\O)C(C)(C)/C=N\O. The summed E-state index contributed by atoms with van der Waals surface area (Å²) in [7, 11) is 0. The molecule has 0 atom stereocenters. The highest BCUT2D eigenvalue weighted by Gasteiger charge is 2.18. The summed E-state index contributed by atoms with van der Waals surface area (Å²) in [6.07, 6.45) is 6.87. The van der Waals surface area contributed by atoms with Crippen LogP contribution in [0.2, 0.25) is 0 Å². The third kappa shape index (κ3) is 4.90. The summed E-state index contributed by atoms with van der Waals surface area (Å²) in [5.41, 5.74) is 0.177. The molecular formula is C11H17NO3. The monoisotopic (exact) mass is 211 g/mol. The van der Waals surface area contributed by atoms with E-state index in [0.717, 1.165) is 6.26 Å². The van der Waals surface area contributed by atoms with Gasteiger partial charge in [0.05, 0.1) is 18.2 Å². The summed E-state index contributed by atoms with van der Waals surface area (Å²) in [5.74, 6) is 0.163. The van der Waals surface area contributed by atoms with Crippen molar-refractivity contribution >= 4 is 6.21 Å². The van der Waals surface area contributed by atoms with Crippen LogP contribution >= 0.6 is 0 Å². The lowest BCUT2D eigenvalue weighted by molar-refractivity contribution is 0.316. The van der Waals surface area contributed by atoms with E-state index in [1.165, 1.54) is 18.4 Å². The molecule has 4 heteroatoms. The Bertz CT molecular complexity index is 308. The van der Waals surface area contributed by atoms with Crippen LogP contribution in [0.3, 0.4) is 0 Å². The number of rotatable bonds is 4. The molecule has 0 aromatic carbocycles. The van der Waals surface area contributed by atoms with Crippen molar-refractivity contribution in [1.82, 2.24) is 0 Å². The molecule has 0 saturated carbocycles. The smallest absolute Gasteiger partial charge is 0.0891 e. The molecule has 0 aliphatic carbocycles. The third-order valence-electron chi connectivity index (χ3n) is 1.88. The Hall–Kier alpha value is -1.71. The highest BCUT2D eigenvalue weighted by atomic mass is 16.4. The Morgan fingerprint density at radius 3 is 2.27 bits per heavy atom. The Kier molecular flexibility index (Phi) is 5.23. The predicted octanol–water partition coefficient (Wildman–Crippen LogP) is 2.93. The van der Waals surface area contributed by atoms with Crippen molar-refractivity contribution in [2.45, 2.75) is 20.8 Å². The van der Waals surface area contributed by atoms with E-state index >= 15 is 0 Å². The van der Waals surface area contributed by atoms with Gasteiger partial charge in [-0.1, -0.05) is 19.9 Å². The zero-order valence-electron chi connectivity index (χ0n) is 9.18. The fourth-order valence-corrected chi connectivity index (χ4v) is 0.995. The van der Waals surface area contributed by atoms with E-state index in [-0.39, 0.29) is 5.76 Å². The third-order valence-corrected chi connectivity index (χ3v) is 1.88. The van der Waals surface area contributed by atoms with Crippen molar-refractivity contribution in [1.29, 1.82) is 0 Å². The second-order valence-corrected chi connectivity index (χ2v) is 3.71. The maximum Gasteiger partial charge on any atom is 0.0891 e. The lowest BCUT2D eigenvalue weighted by Gasteiger charge is -2.19. The average molecular weight is 211 g/mol. The largest absolute Gasteiger partial charge is 0.516 e. The molecule has 3 N–H and O–H groups in total. The van der Waals surface area contributed by atoms with Crippen molar-refractivity contribution < 1.29 is 15.4 Å². The number of nitrogens with zero attached hydrogens (tertiary/aromatic N) is 1. The van der Waals surface area contributed by atoms with Gasteiger partial charge in [0, 0.05) is 5.41 Å². The molecule has 0 radical (unpaired) electrons. The van der Waals surface area contributed by atoms with E-state index in [1.54, 1.807) is 13.0 Å². The van der Waals surface area contributed by atoms with Gasteiger partial charge >= 0.3 is 0 Å². The molecule has 0 rings (SSSR count). The normalized spacial score (nSPS) is 15.4. The molecule has 15 heavy (non-hydrogen) atoms. The highest BCUT2D eigenvalue weighted by Crippen LogP contribution is 2.25. The summed E-state index contributed by atoms with van der Waals surface area (Å²) in [5, 5.41) is 29.2. The van der Waals surface area contributed by atoms with Gasteiger partial charge in [0.25, 0.3) is 0 Å². The molecule has 0 aliphatic rings. The molecule has 0 aliphatic heterocycles. The fourth-order valence-electron chi connectivity index (χ4n) is 0.995. The first-order valence-electron chi connectivity index (χ1n) is 4.51. The predicted molar refractivity (Wildman–Crippen MR) is 60.3 cm³/mol. The van der Waals surface area contributed by atoms with Crippen LogP contribution in [0.25, 0.3) is 0 Å². The van der Waals surface area contributed by atoms with E-state index in [1.807, 2.05) is 13.8 Å². The molecule has 0 fully saturated rings. The number of aliphatic hydroxyl groups excluding tert-OH is 2. The molecule has 0 amide bonds. The maximum atomic E-state index is 9.01. The van der Waals surface area contributed by atoms with E-state index in [0.29, 0.717) is 5.57 Å². The lowest BCUT2D eigenvalue weighted by Crippen LogP contribution is -2.15. The highest BCUT2D eigenvalue weighted by molar-refractivity contribution is 5.70. The van der Waals surface area contributed by atoms with Gasteiger partial charge in [-0.2, -0.15) is 0 Å². The van der Waals surface area contributed by atoms with E-state index in [9.17, 15) is 0 Å². The van der Waals surface area contributed by atoms with E-state index in [4.69, 9.17) is 15.4 Å². The molecular weight excluding hydrogens is 194 g/mol. The van der Waals surface area contributed by atoms with Crippen LogP contribution in [-0.2, 0) is 0 Å². The number of allylic oxidation sites excluding steroid dienone is 5. The van der Waals surface area contributed by atoms with Crippen molar-refractivity contribution in [3.8, 4) is 0 Å². The Balaban J connectivity index is 5.14. The van der Waals surface area contributed by atoms with Crippen LogP contribution in [0.5, 0.6) is 0 Å². The van der Waals surface area contributed by atoms with Gasteiger partial charge in [-0.3, -0.25) is 0 Å². The zero-order valence-corrected chi connectivity index (χ0v) is 9.18. The van der Waals surface area contributed by atoms with Gasteiger partial charge in [0.15, 0.2) is 0 Å². The van der Waals surface area contributed by atoms with E-state index in [2.05, 4.69) is 5.16 Å².